The molecule has 59 heavy (non-hydrogen) atoms. The topological polar surface area (TPSA) is 51.8 Å². The first-order chi connectivity index (χ1) is 29.2. The molecule has 0 radical (unpaired) electrons. The molecule has 0 aliphatic rings. The minimum Gasteiger partial charge on any atom is -0.456 e. The molecule has 0 aliphatic heterocycles. The second kappa shape index (κ2) is 14.5. The highest BCUT2D eigenvalue weighted by molar-refractivity contribution is 6.13. The average Bonchev–Trinajstić information content (AvgIpc) is 3.70. The number of hydrogen-bond donors (Lipinski definition) is 0. The molecule has 2 heterocycles. The van der Waals surface area contributed by atoms with E-state index >= 15 is 0 Å². The highest BCUT2D eigenvalue weighted by Crippen LogP contribution is 2.40. The van der Waals surface area contributed by atoms with Gasteiger partial charge in [0.1, 0.15) is 11.2 Å². The molecule has 0 N–H and O–H groups in total. The van der Waals surface area contributed by atoms with Gasteiger partial charge in [0.15, 0.2) is 17.5 Å². The van der Waals surface area contributed by atoms with Crippen LogP contribution in [0.5, 0.6) is 0 Å². The smallest absolute Gasteiger partial charge is 0.164 e. The van der Waals surface area contributed by atoms with Crippen molar-refractivity contribution in [2.24, 2.45) is 0 Å². The van der Waals surface area contributed by atoms with Crippen molar-refractivity contribution in [2.75, 3.05) is 0 Å². The van der Waals surface area contributed by atoms with Gasteiger partial charge in [-0.3, -0.25) is 0 Å². The number of benzene rings is 9. The van der Waals surface area contributed by atoms with Crippen LogP contribution in [0.1, 0.15) is 0 Å². The molecule has 4 nitrogen and oxygen atoms in total. The van der Waals surface area contributed by atoms with Gasteiger partial charge >= 0.3 is 0 Å². The molecule has 11 rings (SSSR count). The van der Waals surface area contributed by atoms with Crippen molar-refractivity contribution >= 4 is 32.7 Å². The quantitative estimate of drug-likeness (QED) is 0.163. The predicted octanol–water partition coefficient (Wildman–Crippen LogP) is 14.6. The Balaban J connectivity index is 1.06. The molecule has 0 unspecified atom stereocenters. The van der Waals surface area contributed by atoms with E-state index in [4.69, 9.17) is 19.4 Å². The van der Waals surface area contributed by atoms with Crippen LogP contribution in [0.2, 0.25) is 0 Å². The monoisotopic (exact) mass is 753 g/mol. The van der Waals surface area contributed by atoms with Gasteiger partial charge in [-0.15, -0.1) is 0 Å². The van der Waals surface area contributed by atoms with Crippen LogP contribution in [-0.2, 0) is 0 Å². The third-order valence-corrected chi connectivity index (χ3v) is 11.1. The van der Waals surface area contributed by atoms with Gasteiger partial charge in [-0.05, 0) is 91.7 Å². The number of nitrogens with zero attached hydrogens (tertiary/aromatic N) is 3. The first-order valence-electron chi connectivity index (χ1n) is 19.8. The Morgan fingerprint density at radius 2 is 0.763 bits per heavy atom. The van der Waals surface area contributed by atoms with E-state index in [0.717, 1.165) is 82.8 Å². The second-order valence-electron chi connectivity index (χ2n) is 14.8. The molecule has 0 atom stereocenters. The van der Waals surface area contributed by atoms with E-state index in [9.17, 15) is 0 Å². The zero-order valence-corrected chi connectivity index (χ0v) is 32.0. The summed E-state index contributed by atoms with van der Waals surface area (Å²) in [5.41, 5.74) is 13.5. The van der Waals surface area contributed by atoms with Crippen molar-refractivity contribution < 1.29 is 4.42 Å². The lowest BCUT2D eigenvalue weighted by molar-refractivity contribution is 0.669. The van der Waals surface area contributed by atoms with Crippen molar-refractivity contribution in [1.29, 1.82) is 0 Å². The van der Waals surface area contributed by atoms with E-state index in [-0.39, 0.29) is 0 Å². The number of rotatable bonds is 7. The molecule has 0 amide bonds. The third-order valence-electron chi connectivity index (χ3n) is 11.1. The molecule has 9 aromatic carbocycles. The minimum absolute atomic E-state index is 0.574. The Morgan fingerprint density at radius 1 is 0.271 bits per heavy atom. The Morgan fingerprint density at radius 3 is 1.44 bits per heavy atom. The molecule has 2 aromatic heterocycles. The number of furan rings is 1. The summed E-state index contributed by atoms with van der Waals surface area (Å²) in [6.07, 6.45) is 0. The van der Waals surface area contributed by atoms with Crippen LogP contribution in [0, 0.1) is 0 Å². The van der Waals surface area contributed by atoms with E-state index in [2.05, 4.69) is 188 Å². The largest absolute Gasteiger partial charge is 0.456 e. The molecule has 0 aliphatic carbocycles. The lowest BCUT2D eigenvalue weighted by Gasteiger charge is -2.12. The molecule has 0 bridgehead atoms. The van der Waals surface area contributed by atoms with Crippen LogP contribution in [0.25, 0.3) is 111 Å². The zero-order valence-electron chi connectivity index (χ0n) is 32.0. The van der Waals surface area contributed by atoms with Crippen molar-refractivity contribution in [2.45, 2.75) is 0 Å². The van der Waals surface area contributed by atoms with Crippen molar-refractivity contribution in [3.8, 4) is 78.7 Å². The number of fused-ring (bicyclic) bond motifs is 4. The molecule has 4 heteroatoms. The maximum atomic E-state index is 6.62. The molecule has 11 aromatic rings. The lowest BCUT2D eigenvalue weighted by Crippen LogP contribution is -2.00. The van der Waals surface area contributed by atoms with E-state index in [1.54, 1.807) is 0 Å². The van der Waals surface area contributed by atoms with Gasteiger partial charge in [0.05, 0.1) is 0 Å². The van der Waals surface area contributed by atoms with Gasteiger partial charge in [-0.25, -0.2) is 15.0 Å². The predicted molar refractivity (Wildman–Crippen MR) is 243 cm³/mol. The summed E-state index contributed by atoms with van der Waals surface area (Å²) >= 11 is 0. The fourth-order valence-electron chi connectivity index (χ4n) is 8.22. The minimum atomic E-state index is 0.574. The first-order valence-corrected chi connectivity index (χ1v) is 19.8. The third kappa shape index (κ3) is 6.43. The summed E-state index contributed by atoms with van der Waals surface area (Å²) in [6.45, 7) is 0. The van der Waals surface area contributed by atoms with E-state index in [0.29, 0.717) is 17.5 Å². The molecule has 0 spiro atoms. The van der Waals surface area contributed by atoms with Crippen LogP contribution in [0.3, 0.4) is 0 Å². The maximum Gasteiger partial charge on any atom is 0.164 e. The van der Waals surface area contributed by atoms with Crippen molar-refractivity contribution in [1.82, 2.24) is 15.0 Å². The Hall–Kier alpha value is -7.95. The summed E-state index contributed by atoms with van der Waals surface area (Å²) in [6, 6.07) is 74.0. The normalized spacial score (nSPS) is 11.4. The molecule has 276 valence electrons. The van der Waals surface area contributed by atoms with E-state index in [1.165, 1.54) is 11.1 Å². The standard InChI is InChI=1S/C55H35N3O/c1-4-14-36(15-5-1)40-21-10-23-42(32-40)47-26-13-27-50-52(47)48-31-30-45(35-51(48)59-50)55-57-53(43-24-11-22-41(33-43)37-16-6-2-7-17-37)56-54(58-55)44-29-28-39-20-12-25-46(49(39)34-44)38-18-8-3-9-19-38/h1-35H. The summed E-state index contributed by atoms with van der Waals surface area (Å²) in [5, 5.41) is 4.41. The molecular formula is C55H35N3O. The van der Waals surface area contributed by atoms with Gasteiger partial charge in [-0.1, -0.05) is 176 Å². The summed E-state index contributed by atoms with van der Waals surface area (Å²) < 4.78 is 6.62. The number of hydrogen-bond acceptors (Lipinski definition) is 4. The van der Waals surface area contributed by atoms with Crippen LogP contribution < -0.4 is 0 Å². The molecule has 0 saturated heterocycles. The highest BCUT2D eigenvalue weighted by Gasteiger charge is 2.18. The van der Waals surface area contributed by atoms with Gasteiger partial charge in [0, 0.05) is 27.5 Å². The summed E-state index contributed by atoms with van der Waals surface area (Å²) in [4.78, 5) is 15.5. The van der Waals surface area contributed by atoms with Gasteiger partial charge in [-0.2, -0.15) is 0 Å². The summed E-state index contributed by atoms with van der Waals surface area (Å²) in [7, 11) is 0. The molecule has 0 saturated carbocycles. The first kappa shape index (κ1) is 34.3. The SMILES string of the molecule is c1ccc(-c2cccc(-c3nc(-c4ccc5c(c4)oc4cccc(-c6cccc(-c7ccccc7)c6)c45)nc(-c4ccc5cccc(-c6ccccc6)c5c4)n3)c2)cc1. The Bertz CT molecular complexity index is 3320. The maximum absolute atomic E-state index is 6.62. The summed E-state index contributed by atoms with van der Waals surface area (Å²) in [5.74, 6) is 1.78. The van der Waals surface area contributed by atoms with Crippen LogP contribution in [0.15, 0.2) is 217 Å². The van der Waals surface area contributed by atoms with Gasteiger partial charge < -0.3 is 4.42 Å². The van der Waals surface area contributed by atoms with Crippen molar-refractivity contribution in [3.63, 3.8) is 0 Å². The van der Waals surface area contributed by atoms with E-state index < -0.39 is 0 Å². The van der Waals surface area contributed by atoms with Crippen LogP contribution in [0.4, 0.5) is 0 Å². The average molecular weight is 754 g/mol. The van der Waals surface area contributed by atoms with Gasteiger partial charge in [0.2, 0.25) is 0 Å². The zero-order chi connectivity index (χ0) is 39.1. The lowest BCUT2D eigenvalue weighted by atomic mass is 9.95. The fourth-order valence-corrected chi connectivity index (χ4v) is 8.22. The Kier molecular flexibility index (Phi) is 8.45. The molecular weight excluding hydrogens is 719 g/mol. The molecule has 0 fully saturated rings. The number of aromatic nitrogens is 3. The Labute approximate surface area is 341 Å². The van der Waals surface area contributed by atoms with Gasteiger partial charge in [0.25, 0.3) is 0 Å². The van der Waals surface area contributed by atoms with Crippen LogP contribution >= 0.6 is 0 Å². The second-order valence-corrected chi connectivity index (χ2v) is 14.8. The van der Waals surface area contributed by atoms with E-state index in [1.807, 2.05) is 24.3 Å². The fraction of sp³-hybridized carbons (Fsp3) is 0. The van der Waals surface area contributed by atoms with Crippen molar-refractivity contribution in [3.05, 3.63) is 212 Å². The highest BCUT2D eigenvalue weighted by atomic mass is 16.3. The van der Waals surface area contributed by atoms with Crippen LogP contribution in [-0.4, -0.2) is 15.0 Å².